The van der Waals surface area contributed by atoms with E-state index in [9.17, 15) is 19.1 Å². The number of Topliss-reactive ketones (excluding diaryl/α,β-unsaturated/α-hetero) is 1. The fraction of sp³-hybridized carbons (Fsp3) is 0.214. The molecule has 1 N–H and O–H groups in total. The van der Waals surface area contributed by atoms with Crippen LogP contribution < -0.4 is 14.5 Å². The Morgan fingerprint density at radius 1 is 1.03 bits per heavy atom. The molecule has 0 saturated carbocycles. The van der Waals surface area contributed by atoms with Gasteiger partial charge in [0.25, 0.3) is 11.7 Å². The molecule has 0 radical (unpaired) electrons. The Hall–Kier alpha value is -4.13. The van der Waals surface area contributed by atoms with Gasteiger partial charge in [-0.05, 0) is 79.6 Å². The summed E-state index contributed by atoms with van der Waals surface area (Å²) in [5.74, 6) is -1.69. The minimum Gasteiger partial charge on any atom is -0.507 e. The molecule has 180 valence electrons. The van der Waals surface area contributed by atoms with Gasteiger partial charge in [0.05, 0.1) is 18.2 Å². The fourth-order valence-electron chi connectivity index (χ4n) is 4.19. The zero-order chi connectivity index (χ0) is 25.3. The summed E-state index contributed by atoms with van der Waals surface area (Å²) < 4.78 is 19.4. The first-order valence-corrected chi connectivity index (χ1v) is 11.3. The maximum atomic E-state index is 13.9. The molecule has 1 atom stereocenters. The van der Waals surface area contributed by atoms with Gasteiger partial charge in [-0.25, -0.2) is 4.39 Å². The minimum atomic E-state index is -0.866. The Kier molecular flexibility index (Phi) is 6.60. The van der Waals surface area contributed by atoms with Gasteiger partial charge in [-0.3, -0.25) is 14.5 Å². The number of carbonyl (C=O) groups excluding carboxylic acids is 2. The summed E-state index contributed by atoms with van der Waals surface area (Å²) in [7, 11) is 3.83. The highest BCUT2D eigenvalue weighted by Crippen LogP contribution is 2.42. The molecule has 1 heterocycles. The number of benzene rings is 3. The van der Waals surface area contributed by atoms with Crippen molar-refractivity contribution >= 4 is 28.8 Å². The zero-order valence-corrected chi connectivity index (χ0v) is 20.1. The number of aryl methyl sites for hydroxylation is 1. The summed E-state index contributed by atoms with van der Waals surface area (Å²) in [6, 6.07) is 17.5. The van der Waals surface area contributed by atoms with Crippen molar-refractivity contribution in [2.45, 2.75) is 19.9 Å². The van der Waals surface area contributed by atoms with Crippen molar-refractivity contribution in [1.82, 2.24) is 0 Å². The molecule has 35 heavy (non-hydrogen) atoms. The molecule has 6 nitrogen and oxygen atoms in total. The summed E-state index contributed by atoms with van der Waals surface area (Å²) in [6.07, 6.45) is 0. The van der Waals surface area contributed by atoms with Crippen molar-refractivity contribution in [2.75, 3.05) is 30.5 Å². The predicted octanol–water partition coefficient (Wildman–Crippen LogP) is 5.23. The smallest absolute Gasteiger partial charge is 0.300 e. The molecule has 1 fully saturated rings. The molecule has 0 spiro atoms. The molecule has 1 saturated heterocycles. The van der Waals surface area contributed by atoms with Crippen LogP contribution in [-0.4, -0.2) is 37.5 Å². The molecule has 0 aromatic heterocycles. The molecule has 7 heteroatoms. The average Bonchev–Trinajstić information content (AvgIpc) is 3.11. The first-order chi connectivity index (χ1) is 16.7. The maximum Gasteiger partial charge on any atom is 0.300 e. The molecule has 3 aromatic rings. The number of aliphatic hydroxyl groups is 1. The highest BCUT2D eigenvalue weighted by atomic mass is 19.1. The van der Waals surface area contributed by atoms with E-state index in [1.54, 1.807) is 31.2 Å². The summed E-state index contributed by atoms with van der Waals surface area (Å²) in [4.78, 5) is 29.9. The van der Waals surface area contributed by atoms with E-state index in [4.69, 9.17) is 4.74 Å². The summed E-state index contributed by atoms with van der Waals surface area (Å²) in [5.41, 5.74) is 2.63. The van der Waals surface area contributed by atoms with Crippen LogP contribution in [0, 0.1) is 12.7 Å². The lowest BCUT2D eigenvalue weighted by molar-refractivity contribution is -0.132. The summed E-state index contributed by atoms with van der Waals surface area (Å²) in [5, 5.41) is 11.2. The van der Waals surface area contributed by atoms with Gasteiger partial charge in [-0.15, -0.1) is 0 Å². The molecule has 0 bridgehead atoms. The van der Waals surface area contributed by atoms with Crippen LogP contribution in [0.1, 0.15) is 29.7 Å². The number of rotatable bonds is 6. The van der Waals surface area contributed by atoms with Crippen LogP contribution in [0.15, 0.2) is 72.3 Å². The topological polar surface area (TPSA) is 70.1 Å². The fourth-order valence-corrected chi connectivity index (χ4v) is 4.19. The molecule has 1 unspecified atom stereocenters. The predicted molar refractivity (Wildman–Crippen MR) is 134 cm³/mol. The number of ether oxygens (including phenoxy) is 1. The number of amides is 1. The van der Waals surface area contributed by atoms with Gasteiger partial charge in [-0.1, -0.05) is 12.1 Å². The average molecular weight is 475 g/mol. The second-order valence-corrected chi connectivity index (χ2v) is 8.55. The van der Waals surface area contributed by atoms with Gasteiger partial charge in [0.2, 0.25) is 0 Å². The molecular formula is C28H27FN2O4. The van der Waals surface area contributed by atoms with E-state index in [-0.39, 0.29) is 16.9 Å². The maximum absolute atomic E-state index is 13.9. The normalized spacial score (nSPS) is 17.1. The Morgan fingerprint density at radius 3 is 2.26 bits per heavy atom. The number of halogens is 1. The van der Waals surface area contributed by atoms with E-state index in [2.05, 4.69) is 0 Å². The lowest BCUT2D eigenvalue weighted by Gasteiger charge is -2.26. The molecule has 4 rings (SSSR count). The van der Waals surface area contributed by atoms with Gasteiger partial charge < -0.3 is 14.7 Å². The van der Waals surface area contributed by atoms with Crippen LogP contribution in [0.3, 0.4) is 0 Å². The van der Waals surface area contributed by atoms with Gasteiger partial charge in [0.1, 0.15) is 17.3 Å². The third-order valence-corrected chi connectivity index (χ3v) is 6.03. The lowest BCUT2D eigenvalue weighted by Crippen LogP contribution is -2.29. The Bertz CT molecular complexity index is 1300. The summed E-state index contributed by atoms with van der Waals surface area (Å²) in [6.45, 7) is 3.95. The number of hydrogen-bond acceptors (Lipinski definition) is 5. The van der Waals surface area contributed by atoms with Crippen molar-refractivity contribution in [3.63, 3.8) is 0 Å². The van der Waals surface area contributed by atoms with E-state index in [0.717, 1.165) is 5.69 Å². The standard InChI is InChI=1S/C28H27FN2O4/c1-5-35-22-13-11-21(12-14-22)31-25(18-6-9-20(10-7-18)30(3)4)24(27(33)28(31)34)26(32)19-8-15-23(29)17(2)16-19/h6-16,25,32H,5H2,1-4H3/b26-24-. The number of nitrogens with zero attached hydrogens (tertiary/aromatic N) is 2. The molecular weight excluding hydrogens is 447 g/mol. The van der Waals surface area contributed by atoms with Gasteiger partial charge in [0.15, 0.2) is 0 Å². The number of ketones is 1. The van der Waals surface area contributed by atoms with E-state index in [1.807, 2.05) is 50.2 Å². The Morgan fingerprint density at radius 2 is 1.69 bits per heavy atom. The SMILES string of the molecule is CCOc1ccc(N2C(=O)C(=O)/C(=C(\O)c3ccc(F)c(C)c3)C2c2ccc(N(C)C)cc2)cc1. The van der Waals surface area contributed by atoms with Crippen molar-refractivity contribution in [2.24, 2.45) is 0 Å². The largest absolute Gasteiger partial charge is 0.507 e. The third-order valence-electron chi connectivity index (χ3n) is 6.03. The highest BCUT2D eigenvalue weighted by Gasteiger charge is 2.47. The minimum absolute atomic E-state index is 0.0486. The molecule has 1 aliphatic rings. The van der Waals surface area contributed by atoms with Gasteiger partial charge >= 0.3 is 0 Å². The van der Waals surface area contributed by atoms with E-state index in [0.29, 0.717) is 29.2 Å². The zero-order valence-electron chi connectivity index (χ0n) is 20.1. The van der Waals surface area contributed by atoms with Crippen LogP contribution in [-0.2, 0) is 9.59 Å². The first-order valence-electron chi connectivity index (χ1n) is 11.3. The van der Waals surface area contributed by atoms with Crippen molar-refractivity contribution in [3.8, 4) is 5.75 Å². The van der Waals surface area contributed by atoms with Crippen LogP contribution >= 0.6 is 0 Å². The molecule has 1 aliphatic heterocycles. The summed E-state index contributed by atoms with van der Waals surface area (Å²) >= 11 is 0. The van der Waals surface area contributed by atoms with Crippen LogP contribution in [0.2, 0.25) is 0 Å². The van der Waals surface area contributed by atoms with E-state index in [1.165, 1.54) is 23.1 Å². The molecule has 1 amide bonds. The quantitative estimate of drug-likeness (QED) is 0.301. The van der Waals surface area contributed by atoms with Gasteiger partial charge in [0, 0.05) is 31.0 Å². The number of aliphatic hydroxyl groups excluding tert-OH is 1. The van der Waals surface area contributed by atoms with Crippen LogP contribution in [0.25, 0.3) is 5.76 Å². The lowest BCUT2D eigenvalue weighted by atomic mass is 9.94. The van der Waals surface area contributed by atoms with Crippen molar-refractivity contribution < 1.29 is 23.8 Å². The van der Waals surface area contributed by atoms with E-state index < -0.39 is 23.5 Å². The van der Waals surface area contributed by atoms with Crippen molar-refractivity contribution in [1.29, 1.82) is 0 Å². The highest BCUT2D eigenvalue weighted by molar-refractivity contribution is 6.51. The number of anilines is 2. The van der Waals surface area contributed by atoms with Crippen molar-refractivity contribution in [3.05, 3.63) is 94.8 Å². The second kappa shape index (κ2) is 9.62. The number of carbonyl (C=O) groups is 2. The number of hydrogen-bond donors (Lipinski definition) is 1. The second-order valence-electron chi connectivity index (χ2n) is 8.55. The van der Waals surface area contributed by atoms with Gasteiger partial charge in [-0.2, -0.15) is 0 Å². The first kappa shape index (κ1) is 24.0. The monoisotopic (exact) mass is 474 g/mol. The Balaban J connectivity index is 1.89. The third kappa shape index (κ3) is 4.49. The van der Waals surface area contributed by atoms with E-state index >= 15 is 0 Å². The van der Waals surface area contributed by atoms with Crippen LogP contribution in [0.5, 0.6) is 5.75 Å². The van der Waals surface area contributed by atoms with Crippen LogP contribution in [0.4, 0.5) is 15.8 Å². The molecule has 0 aliphatic carbocycles. The Labute approximate surface area is 203 Å². The molecule has 3 aromatic carbocycles.